The second-order valence-electron chi connectivity index (χ2n) is 5.99. The third-order valence-corrected chi connectivity index (χ3v) is 7.50. The zero-order chi connectivity index (χ0) is 20.1. The van der Waals surface area contributed by atoms with Crippen molar-refractivity contribution < 1.29 is 13.2 Å². The predicted octanol–water partition coefficient (Wildman–Crippen LogP) is 3.32. The van der Waals surface area contributed by atoms with Crippen LogP contribution >= 0.6 is 22.9 Å². The van der Waals surface area contributed by atoms with Crippen molar-refractivity contribution in [2.45, 2.75) is 10.3 Å². The van der Waals surface area contributed by atoms with E-state index in [9.17, 15) is 13.2 Å². The molecule has 146 valence electrons. The van der Waals surface area contributed by atoms with Crippen molar-refractivity contribution in [1.29, 1.82) is 0 Å². The van der Waals surface area contributed by atoms with Crippen molar-refractivity contribution in [3.05, 3.63) is 82.5 Å². The van der Waals surface area contributed by atoms with E-state index >= 15 is 0 Å². The maximum atomic E-state index is 12.6. The van der Waals surface area contributed by atoms with E-state index < -0.39 is 22.0 Å². The van der Waals surface area contributed by atoms with Crippen LogP contribution in [0.3, 0.4) is 0 Å². The highest BCUT2D eigenvalue weighted by Crippen LogP contribution is 2.27. The number of benzene rings is 1. The number of sulfonamides is 1. The van der Waals surface area contributed by atoms with Crippen LogP contribution in [-0.4, -0.2) is 37.2 Å². The minimum atomic E-state index is -3.79. The Labute approximate surface area is 172 Å². The summed E-state index contributed by atoms with van der Waals surface area (Å²) in [7, 11) is -2.43. The average molecular weight is 436 g/mol. The van der Waals surface area contributed by atoms with Crippen LogP contribution in [0, 0.1) is 0 Å². The van der Waals surface area contributed by atoms with Gasteiger partial charge in [0.15, 0.2) is 0 Å². The second-order valence-corrected chi connectivity index (χ2v) is 9.97. The van der Waals surface area contributed by atoms with Crippen LogP contribution in [0.4, 0.5) is 0 Å². The molecule has 28 heavy (non-hydrogen) atoms. The van der Waals surface area contributed by atoms with E-state index in [2.05, 4.69) is 10.3 Å². The van der Waals surface area contributed by atoms with Crippen LogP contribution in [0.2, 0.25) is 4.34 Å². The molecular formula is C19H18ClN3O3S2. The Morgan fingerprint density at radius 1 is 1.14 bits per heavy atom. The first-order chi connectivity index (χ1) is 13.4. The molecule has 1 N–H and O–H groups in total. The van der Waals surface area contributed by atoms with Crippen molar-refractivity contribution in [2.75, 3.05) is 13.6 Å². The van der Waals surface area contributed by atoms with Gasteiger partial charge in [0.1, 0.15) is 4.21 Å². The summed E-state index contributed by atoms with van der Waals surface area (Å²) in [6, 6.07) is 17.3. The van der Waals surface area contributed by atoms with E-state index in [-0.39, 0.29) is 10.8 Å². The second kappa shape index (κ2) is 8.83. The van der Waals surface area contributed by atoms with Gasteiger partial charge in [0.05, 0.1) is 22.6 Å². The molecule has 0 fully saturated rings. The van der Waals surface area contributed by atoms with Crippen molar-refractivity contribution >= 4 is 38.9 Å². The molecule has 0 saturated carbocycles. The Hall–Kier alpha value is -2.26. The molecule has 1 atom stereocenters. The lowest BCUT2D eigenvalue weighted by molar-refractivity contribution is -0.121. The Morgan fingerprint density at radius 2 is 1.86 bits per heavy atom. The highest BCUT2D eigenvalue weighted by molar-refractivity contribution is 7.91. The summed E-state index contributed by atoms with van der Waals surface area (Å²) in [5, 5.41) is 2.88. The number of halogens is 1. The molecule has 0 aliphatic rings. The number of amides is 1. The summed E-state index contributed by atoms with van der Waals surface area (Å²) < 4.78 is 26.7. The van der Waals surface area contributed by atoms with E-state index in [1.165, 1.54) is 19.2 Å². The predicted molar refractivity (Wildman–Crippen MR) is 110 cm³/mol. The number of aromatic nitrogens is 1. The Balaban J connectivity index is 1.77. The zero-order valence-electron chi connectivity index (χ0n) is 14.9. The summed E-state index contributed by atoms with van der Waals surface area (Å²) in [4.78, 5) is 17.0. The van der Waals surface area contributed by atoms with Gasteiger partial charge in [0.2, 0.25) is 5.91 Å². The lowest BCUT2D eigenvalue weighted by atomic mass is 10.0. The molecule has 2 aromatic heterocycles. The summed E-state index contributed by atoms with van der Waals surface area (Å²) in [6.07, 6.45) is 1.65. The third-order valence-electron chi connectivity index (χ3n) is 4.00. The van der Waals surface area contributed by atoms with Gasteiger partial charge in [-0.05, 0) is 29.8 Å². The standard InChI is InChI=1S/C19H18ClN3O3S2/c1-23(28(25,26)18-11-10-16(20)27-18)13-17(24)22-19(14-7-3-2-4-8-14)15-9-5-6-12-21-15/h2-12,19H,13H2,1H3,(H,22,24). The molecule has 0 aliphatic carbocycles. The molecular weight excluding hydrogens is 418 g/mol. The minimum Gasteiger partial charge on any atom is -0.342 e. The highest BCUT2D eigenvalue weighted by Gasteiger charge is 2.26. The number of hydrogen-bond acceptors (Lipinski definition) is 5. The highest BCUT2D eigenvalue weighted by atomic mass is 35.5. The van der Waals surface area contributed by atoms with Crippen LogP contribution < -0.4 is 5.32 Å². The number of nitrogens with one attached hydrogen (secondary N) is 1. The first-order valence-corrected chi connectivity index (χ1v) is 11.0. The Morgan fingerprint density at radius 3 is 2.46 bits per heavy atom. The van der Waals surface area contributed by atoms with Gasteiger partial charge in [-0.15, -0.1) is 11.3 Å². The van der Waals surface area contributed by atoms with Crippen LogP contribution in [0.5, 0.6) is 0 Å². The molecule has 9 heteroatoms. The van der Waals surface area contributed by atoms with E-state index in [0.717, 1.165) is 21.2 Å². The molecule has 6 nitrogen and oxygen atoms in total. The number of carbonyl (C=O) groups is 1. The number of rotatable bonds is 7. The fourth-order valence-electron chi connectivity index (χ4n) is 2.60. The largest absolute Gasteiger partial charge is 0.342 e. The molecule has 0 aliphatic heterocycles. The molecule has 0 saturated heterocycles. The van der Waals surface area contributed by atoms with Gasteiger partial charge < -0.3 is 5.32 Å². The van der Waals surface area contributed by atoms with E-state index in [0.29, 0.717) is 10.0 Å². The van der Waals surface area contributed by atoms with E-state index in [4.69, 9.17) is 11.6 Å². The summed E-state index contributed by atoms with van der Waals surface area (Å²) in [6.45, 7) is -0.325. The topological polar surface area (TPSA) is 79.4 Å². The summed E-state index contributed by atoms with van der Waals surface area (Å²) in [5.74, 6) is -0.437. The maximum Gasteiger partial charge on any atom is 0.252 e. The first-order valence-electron chi connectivity index (χ1n) is 8.35. The van der Waals surface area contributed by atoms with Gasteiger partial charge in [-0.1, -0.05) is 48.0 Å². The van der Waals surface area contributed by atoms with Crippen molar-refractivity contribution in [1.82, 2.24) is 14.6 Å². The lowest BCUT2D eigenvalue weighted by Crippen LogP contribution is -2.40. The van der Waals surface area contributed by atoms with E-state index in [1.807, 2.05) is 42.5 Å². The van der Waals surface area contributed by atoms with Crippen molar-refractivity contribution in [3.8, 4) is 0 Å². The number of thiophene rings is 1. The Bertz CT molecular complexity index is 1000. The van der Waals surface area contributed by atoms with Crippen LogP contribution in [-0.2, 0) is 14.8 Å². The molecule has 1 aromatic carbocycles. The number of hydrogen-bond donors (Lipinski definition) is 1. The number of pyridine rings is 1. The normalized spacial score (nSPS) is 12.7. The molecule has 0 radical (unpaired) electrons. The number of likely N-dealkylation sites (N-methyl/N-ethyl adjacent to an activating group) is 1. The van der Waals surface area contributed by atoms with E-state index in [1.54, 1.807) is 12.3 Å². The zero-order valence-corrected chi connectivity index (χ0v) is 17.3. The lowest BCUT2D eigenvalue weighted by Gasteiger charge is -2.21. The molecule has 1 amide bonds. The SMILES string of the molecule is CN(CC(=O)NC(c1ccccc1)c1ccccn1)S(=O)(=O)c1ccc(Cl)s1. The van der Waals surface area contributed by atoms with Gasteiger partial charge in [0.25, 0.3) is 10.0 Å². The summed E-state index contributed by atoms with van der Waals surface area (Å²) >= 11 is 6.78. The van der Waals surface area contributed by atoms with Gasteiger partial charge in [0, 0.05) is 13.2 Å². The molecule has 0 spiro atoms. The van der Waals surface area contributed by atoms with Crippen LogP contribution in [0.15, 0.2) is 71.1 Å². The number of nitrogens with zero attached hydrogens (tertiary/aromatic N) is 2. The number of carbonyl (C=O) groups excluding carboxylic acids is 1. The molecule has 2 heterocycles. The van der Waals surface area contributed by atoms with Crippen LogP contribution in [0.1, 0.15) is 17.3 Å². The molecule has 3 rings (SSSR count). The maximum absolute atomic E-state index is 12.6. The quantitative estimate of drug-likeness (QED) is 0.617. The van der Waals surface area contributed by atoms with Gasteiger partial charge >= 0.3 is 0 Å². The Kier molecular flexibility index (Phi) is 6.46. The minimum absolute atomic E-state index is 0.0946. The molecule has 1 unspecified atom stereocenters. The third kappa shape index (κ3) is 4.77. The smallest absolute Gasteiger partial charge is 0.252 e. The molecule has 3 aromatic rings. The fourth-order valence-corrected chi connectivity index (χ4v) is 5.42. The first kappa shape index (κ1) is 20.5. The van der Waals surface area contributed by atoms with Gasteiger partial charge in [-0.2, -0.15) is 4.31 Å². The average Bonchev–Trinajstić information content (AvgIpc) is 3.14. The van der Waals surface area contributed by atoms with Gasteiger partial charge in [-0.25, -0.2) is 8.42 Å². The van der Waals surface area contributed by atoms with Crippen molar-refractivity contribution in [2.24, 2.45) is 0 Å². The summed E-state index contributed by atoms with van der Waals surface area (Å²) in [5.41, 5.74) is 1.52. The fraction of sp³-hybridized carbons (Fsp3) is 0.158. The monoisotopic (exact) mass is 435 g/mol. The van der Waals surface area contributed by atoms with Gasteiger partial charge in [-0.3, -0.25) is 9.78 Å². The molecule has 0 bridgehead atoms. The van der Waals surface area contributed by atoms with Crippen LogP contribution in [0.25, 0.3) is 0 Å². The van der Waals surface area contributed by atoms with Crippen molar-refractivity contribution in [3.63, 3.8) is 0 Å².